The van der Waals surface area contributed by atoms with Crippen LogP contribution < -0.4 is 14.8 Å². The topological polar surface area (TPSA) is 97.8 Å². The van der Waals surface area contributed by atoms with Crippen molar-refractivity contribution >= 4 is 23.2 Å². The van der Waals surface area contributed by atoms with Crippen molar-refractivity contribution in [2.24, 2.45) is 0 Å². The molecule has 2 heterocycles. The monoisotopic (exact) mass is 334 g/mol. The van der Waals surface area contributed by atoms with Gasteiger partial charge in [0.2, 0.25) is 6.79 Å². The van der Waals surface area contributed by atoms with Crippen molar-refractivity contribution in [2.75, 3.05) is 6.79 Å². The standard InChI is InChI=1S/C15H14N2O5S/c1-7-12(15(19)20)23-14(17-7)8(2)16-13(18)9-3-4-10-11(5-9)22-6-21-10/h3-5,8H,6H2,1-2H3,(H,16,18)(H,19,20). The Kier molecular flexibility index (Phi) is 3.91. The number of fused-ring (bicyclic) bond motifs is 1. The molecule has 2 N–H and O–H groups in total. The molecule has 0 aliphatic carbocycles. The summed E-state index contributed by atoms with van der Waals surface area (Å²) < 4.78 is 10.5. The molecular formula is C15H14N2O5S. The van der Waals surface area contributed by atoms with Gasteiger partial charge in [0.05, 0.1) is 11.7 Å². The van der Waals surface area contributed by atoms with Gasteiger partial charge in [0, 0.05) is 5.56 Å². The fourth-order valence-corrected chi connectivity index (χ4v) is 3.09. The van der Waals surface area contributed by atoms with Crippen LogP contribution in [0.4, 0.5) is 0 Å². The van der Waals surface area contributed by atoms with Crippen LogP contribution in [0.15, 0.2) is 18.2 Å². The SMILES string of the molecule is Cc1nc(C(C)NC(=O)c2ccc3c(c2)OCO3)sc1C(=O)O. The van der Waals surface area contributed by atoms with E-state index in [2.05, 4.69) is 10.3 Å². The minimum atomic E-state index is -1.01. The summed E-state index contributed by atoms with van der Waals surface area (Å²) in [5.41, 5.74) is 0.884. The molecule has 0 bridgehead atoms. The number of hydrogen-bond donors (Lipinski definition) is 2. The lowest BCUT2D eigenvalue weighted by molar-refractivity contribution is 0.0700. The van der Waals surface area contributed by atoms with Gasteiger partial charge in [-0.25, -0.2) is 9.78 Å². The zero-order chi connectivity index (χ0) is 16.6. The highest BCUT2D eigenvalue weighted by Gasteiger charge is 2.21. The molecule has 0 radical (unpaired) electrons. The van der Waals surface area contributed by atoms with Gasteiger partial charge in [-0.15, -0.1) is 11.3 Å². The van der Waals surface area contributed by atoms with E-state index in [1.807, 2.05) is 0 Å². The number of amides is 1. The molecular weight excluding hydrogens is 320 g/mol. The van der Waals surface area contributed by atoms with Crippen LogP contribution >= 0.6 is 11.3 Å². The molecule has 120 valence electrons. The number of benzene rings is 1. The molecule has 1 amide bonds. The highest BCUT2D eigenvalue weighted by Crippen LogP contribution is 2.32. The fourth-order valence-electron chi connectivity index (χ4n) is 2.18. The molecule has 8 heteroatoms. The number of carboxylic acids is 1. The van der Waals surface area contributed by atoms with E-state index < -0.39 is 12.0 Å². The first-order valence-electron chi connectivity index (χ1n) is 6.87. The third kappa shape index (κ3) is 2.98. The number of ether oxygens (including phenoxy) is 2. The van der Waals surface area contributed by atoms with Crippen LogP contribution in [0.5, 0.6) is 11.5 Å². The first-order valence-corrected chi connectivity index (χ1v) is 7.68. The Balaban J connectivity index is 1.74. The van der Waals surface area contributed by atoms with Crippen molar-refractivity contribution in [1.82, 2.24) is 10.3 Å². The zero-order valence-electron chi connectivity index (χ0n) is 12.5. The third-order valence-corrected chi connectivity index (χ3v) is 4.69. The average molecular weight is 334 g/mol. The van der Waals surface area contributed by atoms with Gasteiger partial charge in [-0.05, 0) is 32.0 Å². The maximum Gasteiger partial charge on any atom is 0.347 e. The number of carbonyl (C=O) groups is 2. The van der Waals surface area contributed by atoms with E-state index in [9.17, 15) is 9.59 Å². The summed E-state index contributed by atoms with van der Waals surface area (Å²) in [5, 5.41) is 12.4. The molecule has 1 aliphatic rings. The molecule has 1 aliphatic heterocycles. The van der Waals surface area contributed by atoms with Crippen LogP contribution in [0, 0.1) is 6.92 Å². The summed E-state index contributed by atoms with van der Waals surface area (Å²) in [5.74, 6) is -0.166. The predicted octanol–water partition coefficient (Wildman–Crippen LogP) is 2.37. The fraction of sp³-hybridized carbons (Fsp3) is 0.267. The van der Waals surface area contributed by atoms with E-state index in [0.29, 0.717) is 27.8 Å². The van der Waals surface area contributed by atoms with E-state index in [1.54, 1.807) is 32.0 Å². The van der Waals surface area contributed by atoms with Gasteiger partial charge in [0.1, 0.15) is 9.88 Å². The number of nitrogens with one attached hydrogen (secondary N) is 1. The van der Waals surface area contributed by atoms with E-state index in [0.717, 1.165) is 11.3 Å². The van der Waals surface area contributed by atoms with Gasteiger partial charge in [0.15, 0.2) is 11.5 Å². The number of thiazole rings is 1. The number of hydrogen-bond acceptors (Lipinski definition) is 6. The number of nitrogens with zero attached hydrogens (tertiary/aromatic N) is 1. The Labute approximate surface area is 135 Å². The summed E-state index contributed by atoms with van der Waals surface area (Å²) in [6.07, 6.45) is 0. The Morgan fingerprint density at radius 2 is 2.09 bits per heavy atom. The predicted molar refractivity (Wildman–Crippen MR) is 82.3 cm³/mol. The summed E-state index contributed by atoms with van der Waals surface area (Å²) in [7, 11) is 0. The maximum atomic E-state index is 12.3. The number of aromatic nitrogens is 1. The molecule has 3 rings (SSSR count). The number of carbonyl (C=O) groups excluding carboxylic acids is 1. The number of carboxylic acid groups (broad SMARTS) is 1. The summed E-state index contributed by atoms with van der Waals surface area (Å²) in [6.45, 7) is 3.54. The van der Waals surface area contributed by atoms with Gasteiger partial charge in [-0.1, -0.05) is 0 Å². The first kappa shape index (κ1) is 15.3. The van der Waals surface area contributed by atoms with Crippen molar-refractivity contribution < 1.29 is 24.2 Å². The maximum absolute atomic E-state index is 12.3. The summed E-state index contributed by atoms with van der Waals surface area (Å²) in [4.78, 5) is 27.8. The first-order chi connectivity index (χ1) is 11.0. The second-order valence-corrected chi connectivity index (χ2v) is 6.07. The highest BCUT2D eigenvalue weighted by molar-refractivity contribution is 7.13. The lowest BCUT2D eigenvalue weighted by Crippen LogP contribution is -2.26. The molecule has 0 fully saturated rings. The smallest absolute Gasteiger partial charge is 0.347 e. The van der Waals surface area contributed by atoms with E-state index in [1.165, 1.54) is 0 Å². The van der Waals surface area contributed by atoms with Gasteiger partial charge >= 0.3 is 5.97 Å². The van der Waals surface area contributed by atoms with E-state index >= 15 is 0 Å². The molecule has 0 saturated heterocycles. The largest absolute Gasteiger partial charge is 0.477 e. The van der Waals surface area contributed by atoms with Crippen molar-refractivity contribution in [3.05, 3.63) is 39.3 Å². The molecule has 1 aromatic carbocycles. The van der Waals surface area contributed by atoms with Gasteiger partial charge < -0.3 is 19.9 Å². The lowest BCUT2D eigenvalue weighted by Gasteiger charge is -2.11. The summed E-state index contributed by atoms with van der Waals surface area (Å²) in [6, 6.07) is 4.54. The van der Waals surface area contributed by atoms with Crippen LogP contribution in [0.2, 0.25) is 0 Å². The lowest BCUT2D eigenvalue weighted by atomic mass is 10.2. The molecule has 0 saturated carbocycles. The second-order valence-electron chi connectivity index (χ2n) is 5.03. The Hall–Kier alpha value is -2.61. The van der Waals surface area contributed by atoms with Crippen molar-refractivity contribution in [2.45, 2.75) is 19.9 Å². The molecule has 1 aromatic heterocycles. The van der Waals surface area contributed by atoms with E-state index in [4.69, 9.17) is 14.6 Å². The van der Waals surface area contributed by atoms with Crippen LogP contribution in [0.3, 0.4) is 0 Å². The Bertz CT molecular complexity index is 786. The molecule has 7 nitrogen and oxygen atoms in total. The normalized spacial score (nSPS) is 13.7. The molecule has 2 aromatic rings. The highest BCUT2D eigenvalue weighted by atomic mass is 32.1. The molecule has 1 atom stereocenters. The van der Waals surface area contributed by atoms with E-state index in [-0.39, 0.29) is 17.6 Å². The second kappa shape index (κ2) is 5.88. The summed E-state index contributed by atoms with van der Waals surface area (Å²) >= 11 is 1.06. The number of aromatic carboxylic acids is 1. The Morgan fingerprint density at radius 3 is 2.78 bits per heavy atom. The van der Waals surface area contributed by atoms with Gasteiger partial charge in [-0.3, -0.25) is 4.79 Å². The van der Waals surface area contributed by atoms with Gasteiger partial charge in [-0.2, -0.15) is 0 Å². The van der Waals surface area contributed by atoms with Crippen LogP contribution in [0.1, 0.15) is 43.7 Å². The van der Waals surface area contributed by atoms with Crippen molar-refractivity contribution in [3.8, 4) is 11.5 Å². The van der Waals surface area contributed by atoms with Crippen molar-refractivity contribution in [3.63, 3.8) is 0 Å². The number of rotatable bonds is 4. The van der Waals surface area contributed by atoms with Crippen LogP contribution in [-0.4, -0.2) is 28.8 Å². The number of aryl methyl sites for hydroxylation is 1. The minimum absolute atomic E-state index is 0.146. The van der Waals surface area contributed by atoms with Gasteiger partial charge in [0.25, 0.3) is 5.91 Å². The third-order valence-electron chi connectivity index (χ3n) is 3.36. The minimum Gasteiger partial charge on any atom is -0.477 e. The molecule has 1 unspecified atom stereocenters. The quantitative estimate of drug-likeness (QED) is 0.891. The molecule has 0 spiro atoms. The van der Waals surface area contributed by atoms with Crippen molar-refractivity contribution in [1.29, 1.82) is 0 Å². The van der Waals surface area contributed by atoms with Crippen LogP contribution in [0.25, 0.3) is 0 Å². The molecule has 23 heavy (non-hydrogen) atoms. The average Bonchev–Trinajstić information content (AvgIpc) is 3.12. The zero-order valence-corrected chi connectivity index (χ0v) is 13.3. The Morgan fingerprint density at radius 1 is 1.35 bits per heavy atom. The van der Waals surface area contributed by atoms with Crippen LogP contribution in [-0.2, 0) is 0 Å².